The predicted octanol–water partition coefficient (Wildman–Crippen LogP) is 5.33. The van der Waals surface area contributed by atoms with Gasteiger partial charge in [-0.2, -0.15) is 8.42 Å². The standard InChI is InChI=1S/C21H34O5S/c1-3-4-5-6-7-8-9-10-11-12-15-19-16-13-14-17-20(19)27(24,25)26-18(2)21(22)23/h13-14,16-18H,3-12,15H2,1-2H3,(H,22,23). The normalized spacial score (nSPS) is 12.8. The number of unbranched alkanes of at least 4 members (excludes halogenated alkanes) is 9. The molecule has 5 nitrogen and oxygen atoms in total. The summed E-state index contributed by atoms with van der Waals surface area (Å²) in [6, 6.07) is 6.68. The second-order valence-corrected chi connectivity index (χ2v) is 8.61. The first-order valence-electron chi connectivity index (χ1n) is 10.1. The van der Waals surface area contributed by atoms with Crippen molar-refractivity contribution in [3.05, 3.63) is 29.8 Å². The van der Waals surface area contributed by atoms with Crippen molar-refractivity contribution in [1.29, 1.82) is 0 Å². The van der Waals surface area contributed by atoms with Gasteiger partial charge in [-0.05, 0) is 31.4 Å². The zero-order valence-electron chi connectivity index (χ0n) is 16.7. The van der Waals surface area contributed by atoms with E-state index in [-0.39, 0.29) is 4.90 Å². The summed E-state index contributed by atoms with van der Waals surface area (Å²) in [7, 11) is -4.08. The number of carbonyl (C=O) groups is 1. The van der Waals surface area contributed by atoms with Crippen molar-refractivity contribution in [2.75, 3.05) is 0 Å². The molecule has 0 aliphatic rings. The van der Waals surface area contributed by atoms with Gasteiger partial charge in [-0.25, -0.2) is 4.79 Å². The third kappa shape index (κ3) is 9.38. The van der Waals surface area contributed by atoms with E-state index < -0.39 is 22.2 Å². The monoisotopic (exact) mass is 398 g/mol. The molecule has 1 atom stereocenters. The van der Waals surface area contributed by atoms with Gasteiger partial charge in [0.15, 0.2) is 6.10 Å². The Balaban J connectivity index is 2.41. The van der Waals surface area contributed by atoms with E-state index in [0.717, 1.165) is 19.3 Å². The number of aliphatic carboxylic acids is 1. The first-order chi connectivity index (χ1) is 12.9. The highest BCUT2D eigenvalue weighted by Gasteiger charge is 2.25. The molecule has 1 unspecified atom stereocenters. The Bertz CT molecular complexity index is 654. The van der Waals surface area contributed by atoms with Gasteiger partial charge >= 0.3 is 5.97 Å². The number of carboxylic acid groups (broad SMARTS) is 1. The van der Waals surface area contributed by atoms with E-state index >= 15 is 0 Å². The van der Waals surface area contributed by atoms with Crippen LogP contribution in [0, 0.1) is 0 Å². The third-order valence-electron chi connectivity index (χ3n) is 4.66. The number of carboxylic acids is 1. The van der Waals surface area contributed by atoms with Crippen molar-refractivity contribution in [3.63, 3.8) is 0 Å². The highest BCUT2D eigenvalue weighted by Crippen LogP contribution is 2.22. The van der Waals surface area contributed by atoms with E-state index in [1.54, 1.807) is 18.2 Å². The van der Waals surface area contributed by atoms with Crippen LogP contribution in [0.4, 0.5) is 0 Å². The van der Waals surface area contributed by atoms with Crippen LogP contribution < -0.4 is 0 Å². The maximum Gasteiger partial charge on any atom is 0.334 e. The van der Waals surface area contributed by atoms with Crippen LogP contribution in [0.2, 0.25) is 0 Å². The van der Waals surface area contributed by atoms with Gasteiger partial charge in [0.05, 0.1) is 4.90 Å². The molecular formula is C21H34O5S. The molecule has 1 aromatic carbocycles. The van der Waals surface area contributed by atoms with Crippen LogP contribution >= 0.6 is 0 Å². The van der Waals surface area contributed by atoms with E-state index in [0.29, 0.717) is 12.0 Å². The topological polar surface area (TPSA) is 80.7 Å². The Hall–Kier alpha value is -1.40. The quantitative estimate of drug-likeness (QED) is 0.319. The third-order valence-corrected chi connectivity index (χ3v) is 6.14. The molecule has 0 aliphatic carbocycles. The molecule has 0 fully saturated rings. The summed E-state index contributed by atoms with van der Waals surface area (Å²) in [5, 5.41) is 8.88. The van der Waals surface area contributed by atoms with Gasteiger partial charge in [0.25, 0.3) is 10.1 Å². The van der Waals surface area contributed by atoms with Crippen LogP contribution in [0.25, 0.3) is 0 Å². The lowest BCUT2D eigenvalue weighted by Gasteiger charge is -2.12. The van der Waals surface area contributed by atoms with Crippen LogP contribution in [-0.4, -0.2) is 25.6 Å². The number of rotatable bonds is 15. The second-order valence-electron chi connectivity index (χ2n) is 7.07. The molecule has 0 bridgehead atoms. The Morgan fingerprint density at radius 2 is 1.48 bits per heavy atom. The molecular weight excluding hydrogens is 364 g/mol. The SMILES string of the molecule is CCCCCCCCCCCCc1ccccc1S(=O)(=O)OC(C)C(=O)O. The fraction of sp³-hybridized carbons (Fsp3) is 0.667. The summed E-state index contributed by atoms with van der Waals surface area (Å²) in [5.41, 5.74) is 0.689. The number of aryl methyl sites for hydroxylation is 1. The summed E-state index contributed by atoms with van der Waals surface area (Å²) in [6.07, 6.45) is 11.5. The molecule has 0 radical (unpaired) electrons. The molecule has 0 heterocycles. The number of hydrogen-bond acceptors (Lipinski definition) is 4. The van der Waals surface area contributed by atoms with Gasteiger partial charge in [0, 0.05) is 0 Å². The molecule has 1 rings (SSSR count). The summed E-state index contributed by atoms with van der Waals surface area (Å²) in [4.78, 5) is 11.0. The van der Waals surface area contributed by atoms with Crippen molar-refractivity contribution >= 4 is 16.1 Å². The van der Waals surface area contributed by atoms with E-state index in [9.17, 15) is 13.2 Å². The average Bonchev–Trinajstić information content (AvgIpc) is 2.63. The Kier molecular flexibility index (Phi) is 11.3. The molecule has 0 amide bonds. The summed E-state index contributed by atoms with van der Waals surface area (Å²) >= 11 is 0. The molecule has 0 aromatic heterocycles. The Morgan fingerprint density at radius 1 is 0.963 bits per heavy atom. The number of benzene rings is 1. The molecule has 1 aromatic rings. The van der Waals surface area contributed by atoms with Gasteiger partial charge in [0.1, 0.15) is 0 Å². The van der Waals surface area contributed by atoms with Gasteiger partial charge in [-0.3, -0.25) is 4.18 Å². The minimum atomic E-state index is -4.08. The lowest BCUT2D eigenvalue weighted by atomic mass is 10.0. The highest BCUT2D eigenvalue weighted by atomic mass is 32.2. The maximum atomic E-state index is 12.4. The highest BCUT2D eigenvalue weighted by molar-refractivity contribution is 7.86. The van der Waals surface area contributed by atoms with E-state index in [4.69, 9.17) is 9.29 Å². The minimum absolute atomic E-state index is 0.0778. The molecule has 0 spiro atoms. The lowest BCUT2D eigenvalue weighted by molar-refractivity contribution is -0.144. The molecule has 27 heavy (non-hydrogen) atoms. The fourth-order valence-corrected chi connectivity index (χ4v) is 4.34. The van der Waals surface area contributed by atoms with Crippen molar-refractivity contribution < 1.29 is 22.5 Å². The molecule has 154 valence electrons. The van der Waals surface area contributed by atoms with Crippen molar-refractivity contribution in [2.24, 2.45) is 0 Å². The van der Waals surface area contributed by atoms with Gasteiger partial charge in [0.2, 0.25) is 0 Å². The minimum Gasteiger partial charge on any atom is -0.479 e. The van der Waals surface area contributed by atoms with Crippen molar-refractivity contribution in [1.82, 2.24) is 0 Å². The first-order valence-corrected chi connectivity index (χ1v) is 11.5. The predicted molar refractivity (Wildman–Crippen MR) is 107 cm³/mol. The summed E-state index contributed by atoms with van der Waals surface area (Å²) in [6.45, 7) is 3.44. The molecule has 0 saturated carbocycles. The maximum absolute atomic E-state index is 12.4. The van der Waals surface area contributed by atoms with Crippen molar-refractivity contribution in [3.8, 4) is 0 Å². The smallest absolute Gasteiger partial charge is 0.334 e. The van der Waals surface area contributed by atoms with E-state index in [1.807, 2.05) is 0 Å². The summed E-state index contributed by atoms with van der Waals surface area (Å²) < 4.78 is 29.5. The molecule has 0 aliphatic heterocycles. The molecule has 6 heteroatoms. The number of hydrogen-bond donors (Lipinski definition) is 1. The Labute approximate surface area is 164 Å². The average molecular weight is 399 g/mol. The van der Waals surface area contributed by atoms with Crippen LogP contribution in [-0.2, 0) is 25.5 Å². The van der Waals surface area contributed by atoms with Crippen LogP contribution in [0.3, 0.4) is 0 Å². The van der Waals surface area contributed by atoms with Crippen LogP contribution in [0.5, 0.6) is 0 Å². The van der Waals surface area contributed by atoms with Crippen LogP contribution in [0.1, 0.15) is 83.6 Å². The van der Waals surface area contributed by atoms with E-state index in [1.165, 1.54) is 57.9 Å². The second kappa shape index (κ2) is 12.9. The summed E-state index contributed by atoms with van der Waals surface area (Å²) in [5.74, 6) is -1.30. The fourth-order valence-electron chi connectivity index (χ4n) is 3.04. The first kappa shape index (κ1) is 23.6. The molecule has 0 saturated heterocycles. The largest absolute Gasteiger partial charge is 0.479 e. The Morgan fingerprint density at radius 3 is 2.04 bits per heavy atom. The van der Waals surface area contributed by atoms with Gasteiger partial charge in [-0.1, -0.05) is 82.9 Å². The lowest BCUT2D eigenvalue weighted by Crippen LogP contribution is -2.24. The zero-order chi connectivity index (χ0) is 20.1. The van der Waals surface area contributed by atoms with Crippen molar-refractivity contribution in [2.45, 2.75) is 95.5 Å². The molecule has 1 N–H and O–H groups in total. The van der Waals surface area contributed by atoms with Gasteiger partial charge in [-0.15, -0.1) is 0 Å². The van der Waals surface area contributed by atoms with E-state index in [2.05, 4.69) is 6.92 Å². The van der Waals surface area contributed by atoms with Gasteiger partial charge < -0.3 is 5.11 Å². The zero-order valence-corrected chi connectivity index (χ0v) is 17.5. The van der Waals surface area contributed by atoms with Crippen LogP contribution in [0.15, 0.2) is 29.2 Å².